The minimum atomic E-state index is -0.630. The quantitative estimate of drug-likeness (QED) is 0.420. The highest BCUT2D eigenvalue weighted by atomic mass is 35.5. The third-order valence-electron chi connectivity index (χ3n) is 5.33. The third kappa shape index (κ3) is 4.46. The third-order valence-corrected chi connectivity index (χ3v) is 5.66. The number of carbonyl (C=O) groups excluding carboxylic acids is 1. The first-order chi connectivity index (χ1) is 15.5. The molecule has 1 saturated heterocycles. The van der Waals surface area contributed by atoms with Crippen LogP contribution < -0.4 is 11.2 Å². The second kappa shape index (κ2) is 9.40. The van der Waals surface area contributed by atoms with Crippen molar-refractivity contribution in [2.75, 3.05) is 12.3 Å². The molecule has 3 N–H and O–H groups in total. The number of hydrogen-bond donors (Lipinski definition) is 2. The van der Waals surface area contributed by atoms with Gasteiger partial charge in [0, 0.05) is 18.2 Å². The van der Waals surface area contributed by atoms with E-state index in [4.69, 9.17) is 17.3 Å². The Kier molecular flexibility index (Phi) is 6.42. The Balaban J connectivity index is 1.61. The Bertz CT molecular complexity index is 1130. The number of anilines is 1. The average Bonchev–Trinajstić information content (AvgIpc) is 3.37. The zero-order valence-electron chi connectivity index (χ0n) is 17.2. The number of nitrogens with one attached hydrogen (secondary N) is 1. The molecule has 0 spiro atoms. The summed E-state index contributed by atoms with van der Waals surface area (Å²) in [6.45, 7) is 3.37. The van der Waals surface area contributed by atoms with Gasteiger partial charge in [0.15, 0.2) is 5.69 Å². The first-order valence-electron chi connectivity index (χ1n) is 10.00. The molecule has 1 fully saturated rings. The Morgan fingerprint density at radius 2 is 2.28 bits per heavy atom. The van der Waals surface area contributed by atoms with Gasteiger partial charge in [-0.05, 0) is 48.8 Å². The number of likely N-dealkylation sites (tertiary alicyclic amines) is 1. The predicted molar refractivity (Wildman–Crippen MR) is 114 cm³/mol. The molecule has 1 aliphatic heterocycles. The summed E-state index contributed by atoms with van der Waals surface area (Å²) in [5, 5.41) is 19.4. The van der Waals surface area contributed by atoms with E-state index in [2.05, 4.69) is 47.6 Å². The van der Waals surface area contributed by atoms with Crippen molar-refractivity contribution in [3.05, 3.63) is 46.0 Å². The fourth-order valence-electron chi connectivity index (χ4n) is 3.56. The SMILES string of the molecule is CC1CCCCN1Cc1c(C(=O)NN=Cc2c(F)cccc2Cl)nnn1-c1nonc1N. The first kappa shape index (κ1) is 21.8. The molecule has 13 heteroatoms. The highest BCUT2D eigenvalue weighted by molar-refractivity contribution is 6.33. The van der Waals surface area contributed by atoms with Crippen LogP contribution in [0.1, 0.15) is 47.9 Å². The molecule has 0 saturated carbocycles. The number of carbonyl (C=O) groups is 1. The molecule has 0 radical (unpaired) electrons. The lowest BCUT2D eigenvalue weighted by atomic mass is 10.0. The van der Waals surface area contributed by atoms with Gasteiger partial charge < -0.3 is 5.73 Å². The summed E-state index contributed by atoms with van der Waals surface area (Å²) in [4.78, 5) is 15.1. The molecule has 32 heavy (non-hydrogen) atoms. The second-order valence-electron chi connectivity index (χ2n) is 7.42. The van der Waals surface area contributed by atoms with Gasteiger partial charge in [-0.25, -0.2) is 14.4 Å². The smallest absolute Gasteiger partial charge is 0.293 e. The molecule has 3 heterocycles. The highest BCUT2D eigenvalue weighted by Crippen LogP contribution is 2.23. The fourth-order valence-corrected chi connectivity index (χ4v) is 3.77. The molecule has 0 aliphatic carbocycles. The zero-order chi connectivity index (χ0) is 22.7. The van der Waals surface area contributed by atoms with Crippen molar-refractivity contribution < 1.29 is 13.8 Å². The van der Waals surface area contributed by atoms with Crippen LogP contribution in [0.2, 0.25) is 5.02 Å². The molecule has 0 bridgehead atoms. The van der Waals surface area contributed by atoms with Gasteiger partial charge >= 0.3 is 0 Å². The molecule has 4 rings (SSSR count). The normalized spacial score (nSPS) is 17.2. The van der Waals surface area contributed by atoms with Crippen LogP contribution in [0.5, 0.6) is 0 Å². The zero-order valence-corrected chi connectivity index (χ0v) is 18.0. The van der Waals surface area contributed by atoms with Crippen molar-refractivity contribution in [3.8, 4) is 5.82 Å². The number of piperidine rings is 1. The summed E-state index contributed by atoms with van der Waals surface area (Å²) in [6, 6.07) is 4.56. The van der Waals surface area contributed by atoms with Crippen LogP contribution in [0.15, 0.2) is 27.9 Å². The van der Waals surface area contributed by atoms with Gasteiger partial charge in [-0.3, -0.25) is 9.69 Å². The van der Waals surface area contributed by atoms with Crippen molar-refractivity contribution in [1.82, 2.24) is 35.6 Å². The van der Waals surface area contributed by atoms with Gasteiger partial charge in [-0.1, -0.05) is 29.3 Å². The molecule has 11 nitrogen and oxygen atoms in total. The van der Waals surface area contributed by atoms with Crippen LogP contribution >= 0.6 is 11.6 Å². The molecule has 1 aliphatic rings. The van der Waals surface area contributed by atoms with E-state index in [9.17, 15) is 9.18 Å². The van der Waals surface area contributed by atoms with Crippen LogP contribution in [0.4, 0.5) is 10.2 Å². The summed E-state index contributed by atoms with van der Waals surface area (Å²) < 4.78 is 19.9. The van der Waals surface area contributed by atoms with Crippen LogP contribution in [0.25, 0.3) is 5.82 Å². The molecule has 1 amide bonds. The van der Waals surface area contributed by atoms with Crippen molar-refractivity contribution in [2.24, 2.45) is 5.10 Å². The molecule has 1 unspecified atom stereocenters. The van der Waals surface area contributed by atoms with Gasteiger partial charge in [-0.2, -0.15) is 9.78 Å². The maximum Gasteiger partial charge on any atom is 0.293 e. The van der Waals surface area contributed by atoms with Crippen molar-refractivity contribution >= 4 is 29.5 Å². The monoisotopic (exact) mass is 461 g/mol. The van der Waals surface area contributed by atoms with E-state index < -0.39 is 11.7 Å². The largest absolute Gasteiger partial charge is 0.378 e. The number of hydrazone groups is 1. The lowest BCUT2D eigenvalue weighted by Crippen LogP contribution is -2.38. The van der Waals surface area contributed by atoms with Gasteiger partial charge in [-0.15, -0.1) is 5.10 Å². The standard InChI is InChI=1S/C19H21ClFN9O2/c1-11-5-2-3-8-29(11)10-15-16(24-28-30(15)18-17(22)26-32-27-18)19(31)25-23-9-12-13(20)6-4-7-14(12)21/h4,6-7,9,11H,2-3,5,8,10H2,1H3,(H2,22,26)(H,25,31). The van der Waals surface area contributed by atoms with E-state index in [1.807, 2.05) is 0 Å². The van der Waals surface area contributed by atoms with E-state index in [0.717, 1.165) is 32.0 Å². The Morgan fingerprint density at radius 1 is 1.44 bits per heavy atom. The number of amides is 1. The Labute approximate surface area is 187 Å². The van der Waals surface area contributed by atoms with Crippen molar-refractivity contribution in [2.45, 2.75) is 38.8 Å². The maximum atomic E-state index is 13.9. The number of nitrogens with zero attached hydrogens (tertiary/aromatic N) is 7. The molecular formula is C19H21ClFN9O2. The summed E-state index contributed by atoms with van der Waals surface area (Å²) in [5.74, 6) is -1.04. The van der Waals surface area contributed by atoms with Gasteiger partial charge in [0.2, 0.25) is 11.6 Å². The molecule has 3 aromatic rings. The summed E-state index contributed by atoms with van der Waals surface area (Å²) in [5.41, 5.74) is 8.71. The highest BCUT2D eigenvalue weighted by Gasteiger charge is 2.28. The number of aromatic nitrogens is 5. The van der Waals surface area contributed by atoms with Crippen molar-refractivity contribution in [3.63, 3.8) is 0 Å². The lowest BCUT2D eigenvalue weighted by Gasteiger charge is -2.33. The van der Waals surface area contributed by atoms with E-state index in [1.54, 1.807) is 0 Å². The predicted octanol–water partition coefficient (Wildman–Crippen LogP) is 2.16. The number of benzene rings is 1. The molecule has 2 aromatic heterocycles. The van der Waals surface area contributed by atoms with E-state index in [0.29, 0.717) is 18.3 Å². The van der Waals surface area contributed by atoms with Crippen LogP contribution in [-0.2, 0) is 6.54 Å². The maximum absolute atomic E-state index is 13.9. The summed E-state index contributed by atoms with van der Waals surface area (Å²) in [7, 11) is 0. The van der Waals surface area contributed by atoms with Gasteiger partial charge in [0.1, 0.15) is 5.82 Å². The molecule has 1 atom stereocenters. The van der Waals surface area contributed by atoms with Crippen LogP contribution in [0, 0.1) is 5.82 Å². The first-order valence-corrected chi connectivity index (χ1v) is 10.4. The van der Waals surface area contributed by atoms with E-state index in [-0.39, 0.29) is 27.9 Å². The Morgan fingerprint density at radius 3 is 3.00 bits per heavy atom. The van der Waals surface area contributed by atoms with E-state index in [1.165, 1.54) is 22.9 Å². The topological polar surface area (TPSA) is 140 Å². The number of nitrogen functional groups attached to an aromatic ring is 1. The summed E-state index contributed by atoms with van der Waals surface area (Å²) >= 11 is 5.98. The molecular weight excluding hydrogens is 441 g/mol. The minimum Gasteiger partial charge on any atom is -0.378 e. The second-order valence-corrected chi connectivity index (χ2v) is 7.83. The van der Waals surface area contributed by atoms with Crippen molar-refractivity contribution in [1.29, 1.82) is 0 Å². The minimum absolute atomic E-state index is 0.0158. The number of hydrogen-bond acceptors (Lipinski definition) is 9. The van der Waals surface area contributed by atoms with Crippen LogP contribution in [-0.4, -0.2) is 54.9 Å². The number of nitrogens with two attached hydrogens (primary N) is 1. The van der Waals surface area contributed by atoms with Gasteiger partial charge in [0.05, 0.1) is 16.9 Å². The van der Waals surface area contributed by atoms with Gasteiger partial charge in [0.25, 0.3) is 5.91 Å². The number of rotatable bonds is 6. The Hall–Kier alpha value is -3.38. The fraction of sp³-hybridized carbons (Fsp3) is 0.368. The average molecular weight is 462 g/mol. The summed E-state index contributed by atoms with van der Waals surface area (Å²) in [6.07, 6.45) is 4.38. The lowest BCUT2D eigenvalue weighted by molar-refractivity contribution is 0.0945. The van der Waals surface area contributed by atoms with E-state index >= 15 is 0 Å². The van der Waals surface area contributed by atoms with Crippen LogP contribution in [0.3, 0.4) is 0 Å². The molecule has 1 aromatic carbocycles. The number of halogens is 2. The molecule has 168 valence electrons.